The second-order valence-corrected chi connectivity index (χ2v) is 7.21. The maximum Gasteiger partial charge on any atom is 0.257 e. The molecule has 1 aliphatic rings. The topological polar surface area (TPSA) is 67.7 Å². The van der Waals surface area contributed by atoms with E-state index < -0.39 is 0 Å². The van der Waals surface area contributed by atoms with Crippen LogP contribution in [0.3, 0.4) is 0 Å². The lowest BCUT2D eigenvalue weighted by molar-refractivity contribution is -0.131. The zero-order chi connectivity index (χ0) is 20.9. The number of nitrogens with zero attached hydrogens (tertiary/aromatic N) is 4. The SMILES string of the molecule is COc1cccc(CC(=O)N2CCN(C(=O)c3cnn(-c4ccccc4)c3)CC2)c1. The molecular weight excluding hydrogens is 380 g/mol. The number of carbonyl (C=O) groups excluding carboxylic acids is 2. The van der Waals surface area contributed by atoms with Crippen LogP contribution in [0.4, 0.5) is 0 Å². The van der Waals surface area contributed by atoms with Crippen LogP contribution in [0.15, 0.2) is 67.0 Å². The summed E-state index contributed by atoms with van der Waals surface area (Å²) in [7, 11) is 1.61. The van der Waals surface area contributed by atoms with E-state index >= 15 is 0 Å². The molecule has 3 aromatic rings. The fourth-order valence-corrected chi connectivity index (χ4v) is 3.57. The molecule has 2 heterocycles. The van der Waals surface area contributed by atoms with Crippen molar-refractivity contribution in [2.75, 3.05) is 33.3 Å². The molecule has 1 aromatic heterocycles. The Morgan fingerprint density at radius 3 is 2.43 bits per heavy atom. The number of aromatic nitrogens is 2. The monoisotopic (exact) mass is 404 g/mol. The molecule has 2 aromatic carbocycles. The molecule has 0 bridgehead atoms. The predicted octanol–water partition coefficient (Wildman–Crippen LogP) is 2.41. The number of hydrogen-bond acceptors (Lipinski definition) is 4. The van der Waals surface area contributed by atoms with E-state index in [9.17, 15) is 9.59 Å². The van der Waals surface area contributed by atoms with Gasteiger partial charge in [-0.25, -0.2) is 4.68 Å². The van der Waals surface area contributed by atoms with Crippen LogP contribution in [-0.2, 0) is 11.2 Å². The Balaban J connectivity index is 1.33. The van der Waals surface area contributed by atoms with Crippen molar-refractivity contribution in [3.63, 3.8) is 0 Å². The summed E-state index contributed by atoms with van der Waals surface area (Å²) < 4.78 is 6.91. The summed E-state index contributed by atoms with van der Waals surface area (Å²) >= 11 is 0. The summed E-state index contributed by atoms with van der Waals surface area (Å²) in [6.45, 7) is 2.08. The second-order valence-electron chi connectivity index (χ2n) is 7.21. The van der Waals surface area contributed by atoms with E-state index in [1.807, 2.05) is 59.5 Å². The Bertz CT molecular complexity index is 1020. The minimum absolute atomic E-state index is 0.0583. The zero-order valence-electron chi connectivity index (χ0n) is 16.9. The minimum atomic E-state index is -0.0583. The van der Waals surface area contributed by atoms with E-state index in [0.29, 0.717) is 38.2 Å². The Morgan fingerprint density at radius 1 is 0.967 bits per heavy atom. The van der Waals surface area contributed by atoms with Crippen LogP contribution >= 0.6 is 0 Å². The number of piperazine rings is 1. The first-order valence-corrected chi connectivity index (χ1v) is 9.94. The van der Waals surface area contributed by atoms with Crippen LogP contribution in [0, 0.1) is 0 Å². The molecule has 0 saturated carbocycles. The highest BCUT2D eigenvalue weighted by atomic mass is 16.5. The molecular formula is C23H24N4O3. The quantitative estimate of drug-likeness (QED) is 0.655. The Hall–Kier alpha value is -3.61. The lowest BCUT2D eigenvalue weighted by atomic mass is 10.1. The number of benzene rings is 2. The van der Waals surface area contributed by atoms with Crippen molar-refractivity contribution < 1.29 is 14.3 Å². The Kier molecular flexibility index (Phi) is 5.79. The number of methoxy groups -OCH3 is 1. The van der Waals surface area contributed by atoms with Crippen molar-refractivity contribution in [2.45, 2.75) is 6.42 Å². The summed E-state index contributed by atoms with van der Waals surface area (Å²) in [6, 6.07) is 17.2. The molecule has 7 nitrogen and oxygen atoms in total. The van der Waals surface area contributed by atoms with Gasteiger partial charge in [-0.15, -0.1) is 0 Å². The van der Waals surface area contributed by atoms with E-state index in [0.717, 1.165) is 17.0 Å². The van der Waals surface area contributed by atoms with Gasteiger partial charge in [-0.1, -0.05) is 30.3 Å². The van der Waals surface area contributed by atoms with Crippen molar-refractivity contribution in [2.24, 2.45) is 0 Å². The van der Waals surface area contributed by atoms with Gasteiger partial charge in [0.05, 0.1) is 31.0 Å². The first-order chi connectivity index (χ1) is 14.6. The van der Waals surface area contributed by atoms with Gasteiger partial charge in [-0.05, 0) is 29.8 Å². The van der Waals surface area contributed by atoms with Crippen LogP contribution in [0.1, 0.15) is 15.9 Å². The molecule has 0 radical (unpaired) electrons. The Labute approximate surface area is 175 Å². The van der Waals surface area contributed by atoms with Gasteiger partial charge >= 0.3 is 0 Å². The number of carbonyl (C=O) groups is 2. The lowest BCUT2D eigenvalue weighted by Crippen LogP contribution is -2.50. The van der Waals surface area contributed by atoms with Gasteiger partial charge < -0.3 is 14.5 Å². The lowest BCUT2D eigenvalue weighted by Gasteiger charge is -2.34. The zero-order valence-corrected chi connectivity index (χ0v) is 16.9. The molecule has 0 spiro atoms. The molecule has 4 rings (SSSR count). The maximum atomic E-state index is 12.8. The highest BCUT2D eigenvalue weighted by molar-refractivity contribution is 5.94. The van der Waals surface area contributed by atoms with Gasteiger partial charge in [0.2, 0.25) is 5.91 Å². The molecule has 2 amide bonds. The van der Waals surface area contributed by atoms with Crippen LogP contribution in [0.2, 0.25) is 0 Å². The van der Waals surface area contributed by atoms with Crippen molar-refractivity contribution >= 4 is 11.8 Å². The van der Waals surface area contributed by atoms with Gasteiger partial charge in [0, 0.05) is 32.4 Å². The first kappa shape index (κ1) is 19.7. The van der Waals surface area contributed by atoms with Crippen molar-refractivity contribution in [1.29, 1.82) is 0 Å². The number of ether oxygens (including phenoxy) is 1. The van der Waals surface area contributed by atoms with Crippen molar-refractivity contribution in [3.05, 3.63) is 78.1 Å². The van der Waals surface area contributed by atoms with E-state index in [-0.39, 0.29) is 11.8 Å². The van der Waals surface area contributed by atoms with Crippen LogP contribution < -0.4 is 4.74 Å². The fraction of sp³-hybridized carbons (Fsp3) is 0.261. The molecule has 30 heavy (non-hydrogen) atoms. The van der Waals surface area contributed by atoms with E-state index in [4.69, 9.17) is 4.74 Å². The van der Waals surface area contributed by atoms with Crippen molar-refractivity contribution in [3.8, 4) is 11.4 Å². The predicted molar refractivity (Wildman–Crippen MR) is 113 cm³/mol. The summed E-state index contributed by atoms with van der Waals surface area (Å²) in [4.78, 5) is 29.1. The van der Waals surface area contributed by atoms with Gasteiger partial charge in [0.1, 0.15) is 5.75 Å². The van der Waals surface area contributed by atoms with Gasteiger partial charge in [-0.2, -0.15) is 5.10 Å². The van der Waals surface area contributed by atoms with Crippen molar-refractivity contribution in [1.82, 2.24) is 19.6 Å². The Morgan fingerprint density at radius 2 is 1.70 bits per heavy atom. The average molecular weight is 404 g/mol. The van der Waals surface area contributed by atoms with E-state index in [1.54, 1.807) is 29.1 Å². The summed E-state index contributed by atoms with van der Waals surface area (Å²) in [5, 5.41) is 4.30. The second kappa shape index (κ2) is 8.82. The molecule has 0 aliphatic carbocycles. The molecule has 154 valence electrons. The summed E-state index contributed by atoms with van der Waals surface area (Å²) in [5.74, 6) is 0.746. The third-order valence-electron chi connectivity index (χ3n) is 5.26. The molecule has 7 heteroatoms. The first-order valence-electron chi connectivity index (χ1n) is 9.94. The molecule has 0 atom stereocenters. The highest BCUT2D eigenvalue weighted by Gasteiger charge is 2.25. The number of amides is 2. The molecule has 1 fully saturated rings. The number of para-hydroxylation sites is 1. The molecule has 0 N–H and O–H groups in total. The average Bonchev–Trinajstić information content (AvgIpc) is 3.30. The fourth-order valence-electron chi connectivity index (χ4n) is 3.57. The largest absolute Gasteiger partial charge is 0.497 e. The highest BCUT2D eigenvalue weighted by Crippen LogP contribution is 2.15. The third kappa shape index (κ3) is 4.35. The summed E-state index contributed by atoms with van der Waals surface area (Å²) in [5.41, 5.74) is 2.38. The number of rotatable bonds is 5. The summed E-state index contributed by atoms with van der Waals surface area (Å²) in [6.07, 6.45) is 3.67. The molecule has 1 saturated heterocycles. The van der Waals surface area contributed by atoms with Gasteiger partial charge in [-0.3, -0.25) is 9.59 Å². The molecule has 1 aliphatic heterocycles. The van der Waals surface area contributed by atoms with Crippen LogP contribution in [-0.4, -0.2) is 64.7 Å². The smallest absolute Gasteiger partial charge is 0.257 e. The van der Waals surface area contributed by atoms with E-state index in [2.05, 4.69) is 5.10 Å². The third-order valence-corrected chi connectivity index (χ3v) is 5.26. The van der Waals surface area contributed by atoms with Crippen LogP contribution in [0.25, 0.3) is 5.69 Å². The van der Waals surface area contributed by atoms with Gasteiger partial charge in [0.25, 0.3) is 5.91 Å². The maximum absolute atomic E-state index is 12.8. The molecule has 0 unspecified atom stereocenters. The standard InChI is InChI=1S/C23H24N4O3/c1-30-21-9-5-6-18(14-21)15-22(28)25-10-12-26(13-11-25)23(29)19-16-24-27(17-19)20-7-3-2-4-8-20/h2-9,14,16-17H,10-13,15H2,1H3. The van der Waals surface area contributed by atoms with Crippen LogP contribution in [0.5, 0.6) is 5.75 Å². The normalized spacial score (nSPS) is 13.9. The minimum Gasteiger partial charge on any atom is -0.497 e. The van der Waals surface area contributed by atoms with Gasteiger partial charge in [0.15, 0.2) is 0 Å². The van der Waals surface area contributed by atoms with E-state index in [1.165, 1.54) is 0 Å². The number of hydrogen-bond donors (Lipinski definition) is 0.